The van der Waals surface area contributed by atoms with Crippen LogP contribution in [0.3, 0.4) is 0 Å². The largest absolute Gasteiger partial charge is 0.399 e. The van der Waals surface area contributed by atoms with E-state index in [1.807, 2.05) is 12.1 Å². The van der Waals surface area contributed by atoms with Gasteiger partial charge in [-0.25, -0.2) is 0 Å². The van der Waals surface area contributed by atoms with Crippen LogP contribution < -0.4 is 5.73 Å². The third kappa shape index (κ3) is 2.79. The van der Waals surface area contributed by atoms with E-state index in [-0.39, 0.29) is 12.3 Å². The standard InChI is InChI=1S/C13H12N2OS/c14-11-6-4-10(5-7-11)12(16)9-15-8-2-1-3-13(15)17/h1-8H,9,14H2. The third-order valence-electron chi connectivity index (χ3n) is 2.45. The summed E-state index contributed by atoms with van der Waals surface area (Å²) in [6.07, 6.45) is 1.80. The number of hydrogen-bond acceptors (Lipinski definition) is 3. The number of rotatable bonds is 3. The van der Waals surface area contributed by atoms with Crippen LogP contribution in [0.25, 0.3) is 0 Å². The predicted molar refractivity (Wildman–Crippen MR) is 70.5 cm³/mol. The summed E-state index contributed by atoms with van der Waals surface area (Å²) in [7, 11) is 0. The summed E-state index contributed by atoms with van der Waals surface area (Å²) in [5, 5.41) is 0. The summed E-state index contributed by atoms with van der Waals surface area (Å²) in [5.74, 6) is 0.0206. The molecular formula is C13H12N2OS. The molecule has 0 spiro atoms. The molecule has 2 rings (SSSR count). The lowest BCUT2D eigenvalue weighted by atomic mass is 10.1. The minimum atomic E-state index is 0.0206. The summed E-state index contributed by atoms with van der Waals surface area (Å²) < 4.78 is 2.39. The number of ketones is 1. The number of nitrogens with zero attached hydrogens (tertiary/aromatic N) is 1. The number of hydrogen-bond donors (Lipinski definition) is 1. The Morgan fingerprint density at radius 3 is 2.53 bits per heavy atom. The van der Waals surface area contributed by atoms with Crippen molar-refractivity contribution in [1.29, 1.82) is 0 Å². The molecule has 0 bridgehead atoms. The molecule has 0 aliphatic heterocycles. The van der Waals surface area contributed by atoms with Gasteiger partial charge in [-0.2, -0.15) is 0 Å². The van der Waals surface area contributed by atoms with Crippen LogP contribution in [0.5, 0.6) is 0 Å². The van der Waals surface area contributed by atoms with Crippen LogP contribution in [0.1, 0.15) is 10.4 Å². The van der Waals surface area contributed by atoms with Gasteiger partial charge < -0.3 is 10.3 Å². The van der Waals surface area contributed by atoms with Gasteiger partial charge >= 0.3 is 0 Å². The van der Waals surface area contributed by atoms with Gasteiger partial charge in [-0.15, -0.1) is 0 Å². The van der Waals surface area contributed by atoms with E-state index in [0.29, 0.717) is 15.9 Å². The van der Waals surface area contributed by atoms with E-state index in [9.17, 15) is 4.79 Å². The topological polar surface area (TPSA) is 48.0 Å². The van der Waals surface area contributed by atoms with E-state index >= 15 is 0 Å². The van der Waals surface area contributed by atoms with Crippen molar-refractivity contribution in [1.82, 2.24) is 4.57 Å². The summed E-state index contributed by atoms with van der Waals surface area (Å²) in [6.45, 7) is 0.254. The monoisotopic (exact) mass is 244 g/mol. The predicted octanol–water partition coefficient (Wildman–Crippen LogP) is 2.68. The van der Waals surface area contributed by atoms with Crippen molar-refractivity contribution in [3.8, 4) is 0 Å². The summed E-state index contributed by atoms with van der Waals surface area (Å²) in [5.41, 5.74) is 6.86. The second-order valence-electron chi connectivity index (χ2n) is 3.71. The molecule has 4 heteroatoms. The number of carbonyl (C=O) groups is 1. The van der Waals surface area contributed by atoms with Crippen molar-refractivity contribution in [3.63, 3.8) is 0 Å². The van der Waals surface area contributed by atoms with Crippen molar-refractivity contribution >= 4 is 23.7 Å². The van der Waals surface area contributed by atoms with Crippen molar-refractivity contribution in [2.45, 2.75) is 6.54 Å². The Labute approximate surface area is 105 Å². The third-order valence-corrected chi connectivity index (χ3v) is 2.82. The van der Waals surface area contributed by atoms with Gasteiger partial charge in [0, 0.05) is 17.4 Å². The Hall–Kier alpha value is -1.94. The molecule has 3 nitrogen and oxygen atoms in total. The Bertz CT molecular complexity index is 587. The summed E-state index contributed by atoms with van der Waals surface area (Å²) >= 11 is 5.13. The molecule has 0 unspecified atom stereocenters. The highest BCUT2D eigenvalue weighted by Gasteiger charge is 2.05. The molecule has 2 N–H and O–H groups in total. The highest BCUT2D eigenvalue weighted by atomic mass is 32.1. The maximum Gasteiger partial charge on any atom is 0.182 e. The fourth-order valence-electron chi connectivity index (χ4n) is 1.51. The number of anilines is 1. The van der Waals surface area contributed by atoms with Crippen LogP contribution in [-0.4, -0.2) is 10.4 Å². The molecule has 0 saturated carbocycles. The van der Waals surface area contributed by atoms with Crippen LogP contribution in [0, 0.1) is 4.64 Å². The number of benzene rings is 1. The first-order chi connectivity index (χ1) is 8.16. The van der Waals surface area contributed by atoms with Gasteiger partial charge in [-0.1, -0.05) is 18.3 Å². The Morgan fingerprint density at radius 2 is 1.88 bits per heavy atom. The van der Waals surface area contributed by atoms with E-state index in [1.165, 1.54) is 0 Å². The van der Waals surface area contributed by atoms with Gasteiger partial charge in [-0.3, -0.25) is 4.79 Å². The highest BCUT2D eigenvalue weighted by molar-refractivity contribution is 7.71. The first-order valence-electron chi connectivity index (χ1n) is 5.21. The molecule has 0 aliphatic rings. The molecule has 0 radical (unpaired) electrons. The molecule has 1 aromatic heterocycles. The average Bonchev–Trinajstić information content (AvgIpc) is 2.33. The second-order valence-corrected chi connectivity index (χ2v) is 4.13. The molecule has 17 heavy (non-hydrogen) atoms. The van der Waals surface area contributed by atoms with Crippen LogP contribution >= 0.6 is 12.2 Å². The minimum absolute atomic E-state index is 0.0206. The first-order valence-corrected chi connectivity index (χ1v) is 5.62. The molecule has 86 valence electrons. The van der Waals surface area contributed by atoms with Gasteiger partial charge in [0.2, 0.25) is 0 Å². The molecule has 0 aliphatic carbocycles. The maximum absolute atomic E-state index is 12.0. The molecule has 0 atom stereocenters. The fourth-order valence-corrected chi connectivity index (χ4v) is 1.71. The summed E-state index contributed by atoms with van der Waals surface area (Å²) in [6, 6.07) is 12.4. The average molecular weight is 244 g/mol. The number of Topliss-reactive ketones (excluding diaryl/α,β-unsaturated/α-hetero) is 1. The normalized spacial score (nSPS) is 10.1. The highest BCUT2D eigenvalue weighted by Crippen LogP contribution is 2.07. The van der Waals surface area contributed by atoms with E-state index in [2.05, 4.69) is 0 Å². The Balaban J connectivity index is 2.20. The number of pyridine rings is 1. The smallest absolute Gasteiger partial charge is 0.182 e. The van der Waals surface area contributed by atoms with Gasteiger partial charge in [0.1, 0.15) is 4.64 Å². The van der Waals surface area contributed by atoms with Crippen molar-refractivity contribution in [2.24, 2.45) is 0 Å². The first kappa shape index (κ1) is 11.5. The molecule has 0 saturated heterocycles. The van der Waals surface area contributed by atoms with Crippen molar-refractivity contribution in [2.75, 3.05) is 5.73 Å². The Morgan fingerprint density at radius 1 is 1.18 bits per heavy atom. The number of nitrogen functional groups attached to an aromatic ring is 1. The van der Waals surface area contributed by atoms with Crippen LogP contribution in [0.15, 0.2) is 48.7 Å². The second kappa shape index (κ2) is 4.93. The van der Waals surface area contributed by atoms with Crippen molar-refractivity contribution in [3.05, 3.63) is 58.9 Å². The van der Waals surface area contributed by atoms with Gasteiger partial charge in [0.15, 0.2) is 5.78 Å². The van der Waals surface area contributed by atoms with E-state index < -0.39 is 0 Å². The zero-order chi connectivity index (χ0) is 12.3. The molecule has 0 fully saturated rings. The van der Waals surface area contributed by atoms with Crippen LogP contribution in [-0.2, 0) is 6.54 Å². The molecule has 2 aromatic rings. The zero-order valence-electron chi connectivity index (χ0n) is 9.17. The zero-order valence-corrected chi connectivity index (χ0v) is 9.98. The van der Waals surface area contributed by atoms with Gasteiger partial charge in [0.05, 0.1) is 6.54 Å². The molecular weight excluding hydrogens is 232 g/mol. The molecule has 0 amide bonds. The maximum atomic E-state index is 12.0. The lowest BCUT2D eigenvalue weighted by Crippen LogP contribution is -2.11. The quantitative estimate of drug-likeness (QED) is 0.513. The van der Waals surface area contributed by atoms with E-state index in [4.69, 9.17) is 18.0 Å². The SMILES string of the molecule is Nc1ccc(C(=O)Cn2ccccc2=S)cc1. The number of nitrogens with two attached hydrogens (primary N) is 1. The Kier molecular flexibility index (Phi) is 3.35. The fraction of sp³-hybridized carbons (Fsp3) is 0.0769. The van der Waals surface area contributed by atoms with Crippen LogP contribution in [0.4, 0.5) is 5.69 Å². The van der Waals surface area contributed by atoms with Gasteiger partial charge in [-0.05, 0) is 36.4 Å². The van der Waals surface area contributed by atoms with Gasteiger partial charge in [0.25, 0.3) is 0 Å². The lowest BCUT2D eigenvalue weighted by molar-refractivity contribution is 0.0971. The van der Waals surface area contributed by atoms with Crippen molar-refractivity contribution < 1.29 is 4.79 Å². The summed E-state index contributed by atoms with van der Waals surface area (Å²) in [4.78, 5) is 12.0. The molecule has 1 aromatic carbocycles. The van der Waals surface area contributed by atoms with E-state index in [0.717, 1.165) is 0 Å². The van der Waals surface area contributed by atoms with Crippen LogP contribution in [0.2, 0.25) is 0 Å². The lowest BCUT2D eigenvalue weighted by Gasteiger charge is -2.05. The molecule has 1 heterocycles. The minimum Gasteiger partial charge on any atom is -0.399 e. The number of aromatic nitrogens is 1. The number of carbonyl (C=O) groups excluding carboxylic acids is 1. The van der Waals surface area contributed by atoms with E-state index in [1.54, 1.807) is 41.1 Å².